The predicted octanol–water partition coefficient (Wildman–Crippen LogP) is 2.21. The minimum absolute atomic E-state index is 0.485. The van der Waals surface area contributed by atoms with Crippen molar-refractivity contribution >= 4 is 5.69 Å². The van der Waals surface area contributed by atoms with E-state index in [0.717, 1.165) is 11.3 Å². The zero-order chi connectivity index (χ0) is 13.0. The highest BCUT2D eigenvalue weighted by molar-refractivity contribution is 5.51. The van der Waals surface area contributed by atoms with E-state index in [1.807, 2.05) is 36.4 Å². The number of methoxy groups -OCH3 is 1. The summed E-state index contributed by atoms with van der Waals surface area (Å²) in [5, 5.41) is 13.4. The van der Waals surface area contributed by atoms with Crippen molar-refractivity contribution in [3.05, 3.63) is 53.7 Å². The van der Waals surface area contributed by atoms with Crippen molar-refractivity contribution in [2.45, 2.75) is 6.10 Å². The van der Waals surface area contributed by atoms with Crippen LogP contribution in [0.5, 0.6) is 5.88 Å². The molecule has 18 heavy (non-hydrogen) atoms. The maximum absolute atomic E-state index is 10.4. The van der Waals surface area contributed by atoms with E-state index in [1.54, 1.807) is 20.2 Å². The standard InChI is InChI=1S/C14H16N2O2/c1-15-11-8-9-12(18-2)16-13(11)14(17)10-6-4-3-5-7-10/h3-9,14-15,17H,1-2H3. The zero-order valence-electron chi connectivity index (χ0n) is 10.4. The first kappa shape index (κ1) is 12.4. The van der Waals surface area contributed by atoms with Crippen LogP contribution in [0.25, 0.3) is 0 Å². The van der Waals surface area contributed by atoms with Crippen LogP contribution < -0.4 is 10.1 Å². The molecule has 0 aliphatic rings. The Hall–Kier alpha value is -2.07. The number of aromatic nitrogens is 1. The van der Waals surface area contributed by atoms with Crippen LogP contribution in [0.1, 0.15) is 17.4 Å². The fourth-order valence-electron chi connectivity index (χ4n) is 1.78. The van der Waals surface area contributed by atoms with Gasteiger partial charge in [0.25, 0.3) is 0 Å². The predicted molar refractivity (Wildman–Crippen MR) is 70.8 cm³/mol. The number of aliphatic hydroxyl groups is 1. The van der Waals surface area contributed by atoms with Crippen molar-refractivity contribution in [1.29, 1.82) is 0 Å². The van der Waals surface area contributed by atoms with Crippen molar-refractivity contribution in [3.63, 3.8) is 0 Å². The molecule has 1 aromatic heterocycles. The first-order chi connectivity index (χ1) is 8.76. The summed E-state index contributed by atoms with van der Waals surface area (Å²) in [7, 11) is 3.35. The number of hydrogen-bond acceptors (Lipinski definition) is 4. The van der Waals surface area contributed by atoms with Gasteiger partial charge in [0, 0.05) is 13.1 Å². The van der Waals surface area contributed by atoms with Crippen molar-refractivity contribution in [2.75, 3.05) is 19.5 Å². The number of rotatable bonds is 4. The number of hydrogen-bond donors (Lipinski definition) is 2. The molecule has 0 bridgehead atoms. The molecule has 0 fully saturated rings. The lowest BCUT2D eigenvalue weighted by molar-refractivity contribution is 0.214. The molecule has 0 amide bonds. The SMILES string of the molecule is CNc1ccc(OC)nc1C(O)c1ccccc1. The summed E-state index contributed by atoms with van der Waals surface area (Å²) in [6, 6.07) is 13.0. The van der Waals surface area contributed by atoms with Gasteiger partial charge in [-0.1, -0.05) is 30.3 Å². The number of pyridine rings is 1. The Morgan fingerprint density at radius 2 is 1.89 bits per heavy atom. The van der Waals surface area contributed by atoms with Gasteiger partial charge in [-0.15, -0.1) is 0 Å². The summed E-state index contributed by atoms with van der Waals surface area (Å²) in [5.41, 5.74) is 2.14. The van der Waals surface area contributed by atoms with Gasteiger partial charge in [-0.25, -0.2) is 4.98 Å². The molecule has 4 nitrogen and oxygen atoms in total. The third-order valence-electron chi connectivity index (χ3n) is 2.75. The molecule has 0 saturated carbocycles. The molecular formula is C14H16N2O2. The topological polar surface area (TPSA) is 54.4 Å². The Morgan fingerprint density at radius 3 is 2.50 bits per heavy atom. The van der Waals surface area contributed by atoms with Gasteiger partial charge in [0.2, 0.25) is 5.88 Å². The maximum atomic E-state index is 10.4. The summed E-state index contributed by atoms with van der Waals surface area (Å²) in [6.45, 7) is 0. The summed E-state index contributed by atoms with van der Waals surface area (Å²) in [4.78, 5) is 4.30. The van der Waals surface area contributed by atoms with E-state index in [1.165, 1.54) is 0 Å². The smallest absolute Gasteiger partial charge is 0.213 e. The third kappa shape index (κ3) is 2.43. The second-order valence-electron chi connectivity index (χ2n) is 3.85. The first-order valence-corrected chi connectivity index (χ1v) is 5.72. The molecule has 2 N–H and O–H groups in total. The summed E-state index contributed by atoms with van der Waals surface area (Å²) >= 11 is 0. The van der Waals surface area contributed by atoms with Crippen LogP contribution in [-0.4, -0.2) is 24.2 Å². The van der Waals surface area contributed by atoms with Gasteiger partial charge in [0.05, 0.1) is 12.8 Å². The molecule has 0 saturated heterocycles. The highest BCUT2D eigenvalue weighted by Crippen LogP contribution is 2.28. The lowest BCUT2D eigenvalue weighted by Crippen LogP contribution is -2.07. The van der Waals surface area contributed by atoms with Gasteiger partial charge in [0.15, 0.2) is 0 Å². The second kappa shape index (κ2) is 5.51. The largest absolute Gasteiger partial charge is 0.481 e. The number of anilines is 1. The maximum Gasteiger partial charge on any atom is 0.213 e. The van der Waals surface area contributed by atoms with E-state index in [-0.39, 0.29) is 0 Å². The Kier molecular flexibility index (Phi) is 3.79. The van der Waals surface area contributed by atoms with Gasteiger partial charge in [0.1, 0.15) is 11.8 Å². The number of aliphatic hydroxyl groups excluding tert-OH is 1. The normalized spacial score (nSPS) is 11.9. The molecule has 4 heteroatoms. The molecule has 2 aromatic rings. The molecule has 2 rings (SSSR count). The first-order valence-electron chi connectivity index (χ1n) is 5.72. The van der Waals surface area contributed by atoms with Crippen LogP contribution in [0.4, 0.5) is 5.69 Å². The quantitative estimate of drug-likeness (QED) is 0.865. The molecule has 1 heterocycles. The van der Waals surface area contributed by atoms with E-state index >= 15 is 0 Å². The van der Waals surface area contributed by atoms with Crippen molar-refractivity contribution < 1.29 is 9.84 Å². The van der Waals surface area contributed by atoms with Gasteiger partial charge in [-0.2, -0.15) is 0 Å². The summed E-state index contributed by atoms with van der Waals surface area (Å²) in [5.74, 6) is 0.485. The summed E-state index contributed by atoms with van der Waals surface area (Å²) in [6.07, 6.45) is -0.774. The zero-order valence-corrected chi connectivity index (χ0v) is 10.4. The van der Waals surface area contributed by atoms with Crippen LogP contribution in [-0.2, 0) is 0 Å². The number of benzene rings is 1. The van der Waals surface area contributed by atoms with Gasteiger partial charge < -0.3 is 15.2 Å². The Balaban J connectivity index is 2.42. The molecule has 0 spiro atoms. The molecule has 1 atom stereocenters. The highest BCUT2D eigenvalue weighted by Gasteiger charge is 2.16. The molecule has 94 valence electrons. The number of ether oxygens (including phenoxy) is 1. The minimum Gasteiger partial charge on any atom is -0.481 e. The number of nitrogens with zero attached hydrogens (tertiary/aromatic N) is 1. The lowest BCUT2D eigenvalue weighted by atomic mass is 10.0. The van der Waals surface area contributed by atoms with E-state index in [4.69, 9.17) is 4.74 Å². The molecule has 1 unspecified atom stereocenters. The van der Waals surface area contributed by atoms with Crippen molar-refractivity contribution in [1.82, 2.24) is 4.98 Å². The van der Waals surface area contributed by atoms with Crippen LogP contribution >= 0.6 is 0 Å². The Bertz CT molecular complexity index is 514. The van der Waals surface area contributed by atoms with Crippen LogP contribution in [0.2, 0.25) is 0 Å². The molecular weight excluding hydrogens is 228 g/mol. The number of nitrogens with one attached hydrogen (secondary N) is 1. The molecule has 0 radical (unpaired) electrons. The van der Waals surface area contributed by atoms with E-state index < -0.39 is 6.10 Å². The Labute approximate surface area is 106 Å². The average Bonchev–Trinajstić information content (AvgIpc) is 2.46. The lowest BCUT2D eigenvalue weighted by Gasteiger charge is -2.15. The van der Waals surface area contributed by atoms with E-state index in [9.17, 15) is 5.11 Å². The van der Waals surface area contributed by atoms with Crippen molar-refractivity contribution in [2.24, 2.45) is 0 Å². The summed E-state index contributed by atoms with van der Waals surface area (Å²) < 4.78 is 5.09. The average molecular weight is 244 g/mol. The third-order valence-corrected chi connectivity index (χ3v) is 2.75. The van der Waals surface area contributed by atoms with E-state index in [2.05, 4.69) is 10.3 Å². The highest BCUT2D eigenvalue weighted by atomic mass is 16.5. The Morgan fingerprint density at radius 1 is 1.17 bits per heavy atom. The van der Waals surface area contributed by atoms with Crippen LogP contribution in [0.3, 0.4) is 0 Å². The van der Waals surface area contributed by atoms with E-state index in [0.29, 0.717) is 11.6 Å². The van der Waals surface area contributed by atoms with Gasteiger partial charge in [-0.05, 0) is 11.6 Å². The second-order valence-corrected chi connectivity index (χ2v) is 3.85. The van der Waals surface area contributed by atoms with Crippen molar-refractivity contribution in [3.8, 4) is 5.88 Å². The fourth-order valence-corrected chi connectivity index (χ4v) is 1.78. The van der Waals surface area contributed by atoms with Crippen LogP contribution in [0, 0.1) is 0 Å². The molecule has 0 aliphatic heterocycles. The monoisotopic (exact) mass is 244 g/mol. The van der Waals surface area contributed by atoms with Gasteiger partial charge >= 0.3 is 0 Å². The molecule has 1 aromatic carbocycles. The molecule has 0 aliphatic carbocycles. The van der Waals surface area contributed by atoms with Gasteiger partial charge in [-0.3, -0.25) is 0 Å². The fraction of sp³-hybridized carbons (Fsp3) is 0.214. The van der Waals surface area contributed by atoms with Crippen LogP contribution in [0.15, 0.2) is 42.5 Å². The minimum atomic E-state index is -0.774.